The highest BCUT2D eigenvalue weighted by Crippen LogP contribution is 2.38. The van der Waals surface area contributed by atoms with Crippen molar-refractivity contribution in [3.05, 3.63) is 36.9 Å². The van der Waals surface area contributed by atoms with Crippen LogP contribution in [0.3, 0.4) is 0 Å². The Labute approximate surface area is 219 Å². The maximum Gasteiger partial charge on any atom is 0.370 e. The molecule has 222 valence electrons. The summed E-state index contributed by atoms with van der Waals surface area (Å²) in [5.74, 6) is -10.2. The molecular weight excluding hydrogens is 520 g/mol. The normalized spacial score (nSPS) is 14.1. The molecule has 0 radical (unpaired) electrons. The Balaban J connectivity index is 0.000000483. The van der Waals surface area contributed by atoms with Gasteiger partial charge in [0.05, 0.1) is 32.4 Å². The summed E-state index contributed by atoms with van der Waals surface area (Å²) < 4.78 is 76.8. The number of imidazole rings is 2. The van der Waals surface area contributed by atoms with Crippen LogP contribution in [0.15, 0.2) is 31.2 Å². The fourth-order valence-electron chi connectivity index (χ4n) is 2.71. The molecule has 1 fully saturated rings. The molecule has 1 aliphatic heterocycles. The molecule has 2 aromatic heterocycles. The second-order valence-electron chi connectivity index (χ2n) is 7.99. The van der Waals surface area contributed by atoms with E-state index in [9.17, 15) is 26.3 Å². The van der Waals surface area contributed by atoms with Gasteiger partial charge < -0.3 is 37.2 Å². The van der Waals surface area contributed by atoms with E-state index in [1.807, 2.05) is 10.8 Å². The number of hydrogen-bond donors (Lipinski definition) is 5. The van der Waals surface area contributed by atoms with Gasteiger partial charge in [-0.3, -0.25) is 4.90 Å². The highest BCUT2D eigenvalue weighted by molar-refractivity contribution is 4.93. The van der Waals surface area contributed by atoms with Crippen LogP contribution >= 0.6 is 0 Å². The fourth-order valence-corrected chi connectivity index (χ4v) is 2.71. The van der Waals surface area contributed by atoms with Crippen LogP contribution in [-0.2, 0) is 17.7 Å². The average Bonchev–Trinajstić information content (AvgIpc) is 3.63. The van der Waals surface area contributed by atoms with E-state index in [-0.39, 0.29) is 0 Å². The minimum absolute atomic E-state index is 0.683. The van der Waals surface area contributed by atoms with Crippen molar-refractivity contribution in [2.75, 3.05) is 59.0 Å². The molecule has 3 rings (SSSR count). The van der Waals surface area contributed by atoms with Crippen LogP contribution in [0.2, 0.25) is 0 Å². The Morgan fingerprint density at radius 2 is 1.58 bits per heavy atom. The lowest BCUT2D eigenvalue weighted by atomic mass is 10.2. The number of ether oxygens (including phenoxy) is 1. The number of hydrogen-bond acceptors (Lipinski definition) is 8. The van der Waals surface area contributed by atoms with Gasteiger partial charge in [0.15, 0.2) is 0 Å². The van der Waals surface area contributed by atoms with E-state index in [0.717, 1.165) is 77.4 Å². The summed E-state index contributed by atoms with van der Waals surface area (Å²) >= 11 is 0. The van der Waals surface area contributed by atoms with E-state index in [1.165, 1.54) is 0 Å². The Bertz CT molecular complexity index is 761. The topological polar surface area (TPSA) is 163 Å². The van der Waals surface area contributed by atoms with E-state index in [4.69, 9.17) is 21.9 Å². The maximum atomic E-state index is 11.8. The first-order valence-electron chi connectivity index (χ1n) is 12.1. The molecule has 10 nitrogen and oxygen atoms in total. The molecule has 0 bridgehead atoms. The Morgan fingerprint density at radius 3 is 2.00 bits per heavy atom. The Morgan fingerprint density at radius 1 is 0.947 bits per heavy atom. The lowest BCUT2D eigenvalue weighted by Crippen LogP contribution is -2.50. The molecule has 0 aliphatic carbocycles. The van der Waals surface area contributed by atoms with Gasteiger partial charge in [-0.2, -0.15) is 17.6 Å². The van der Waals surface area contributed by atoms with Crippen LogP contribution in [0, 0.1) is 0 Å². The number of nitrogens with two attached hydrogens (primary N) is 4. The zero-order chi connectivity index (χ0) is 28.9. The number of alkyl halides is 6. The third-order valence-electron chi connectivity index (χ3n) is 4.95. The van der Waals surface area contributed by atoms with Gasteiger partial charge >= 0.3 is 18.3 Å². The number of nitrogens with one attached hydrogen (secondary N) is 1. The molecule has 9 N–H and O–H groups in total. The fraction of sp³-hybridized carbons (Fsp3) is 0.727. The minimum atomic E-state index is -5.35. The van der Waals surface area contributed by atoms with Gasteiger partial charge in [-0.15, -0.1) is 0 Å². The highest BCUT2D eigenvalue weighted by atomic mass is 19.3. The average molecular weight is 562 g/mol. The lowest BCUT2D eigenvalue weighted by molar-refractivity contribution is -0.258. The zero-order valence-electron chi connectivity index (χ0n) is 21.4. The lowest BCUT2D eigenvalue weighted by Gasteiger charge is -2.26. The number of aromatic amines is 1. The van der Waals surface area contributed by atoms with E-state index >= 15 is 0 Å². The molecule has 38 heavy (non-hydrogen) atoms. The molecule has 1 aliphatic rings. The quantitative estimate of drug-likeness (QED) is 0.256. The summed E-state index contributed by atoms with van der Waals surface area (Å²) in [5.41, 5.74) is 21.2. The van der Waals surface area contributed by atoms with Crippen LogP contribution in [0.25, 0.3) is 0 Å². The molecule has 16 heteroatoms. The number of H-pyrrole nitrogens is 1. The number of aryl methyl sites for hydroxylation is 1. The first-order valence-corrected chi connectivity index (χ1v) is 12.1. The van der Waals surface area contributed by atoms with E-state index < -0.39 is 24.8 Å². The number of morpholine rings is 1. The van der Waals surface area contributed by atoms with Crippen molar-refractivity contribution < 1.29 is 31.1 Å². The molecule has 3 heterocycles. The van der Waals surface area contributed by atoms with Gasteiger partial charge in [0.1, 0.15) is 0 Å². The Kier molecular flexibility index (Phi) is 19.5. The maximum absolute atomic E-state index is 11.8. The predicted octanol–water partition coefficient (Wildman–Crippen LogP) is 1.29. The third kappa shape index (κ3) is 15.2. The van der Waals surface area contributed by atoms with Gasteiger partial charge in [-0.1, -0.05) is 0 Å². The molecule has 2 aromatic rings. The smallest absolute Gasteiger partial charge is 0.370 e. The molecule has 0 saturated carbocycles. The summed E-state index contributed by atoms with van der Waals surface area (Å²) in [6.45, 7) is 6.51. The van der Waals surface area contributed by atoms with Crippen molar-refractivity contribution in [1.29, 1.82) is 0 Å². The van der Waals surface area contributed by atoms with Gasteiger partial charge in [0.25, 0.3) is 0 Å². The molecule has 0 aromatic carbocycles. The van der Waals surface area contributed by atoms with Gasteiger partial charge in [0, 0.05) is 50.3 Å². The Hall–Kier alpha value is -2.24. The van der Waals surface area contributed by atoms with Crippen molar-refractivity contribution in [3.63, 3.8) is 0 Å². The summed E-state index contributed by atoms with van der Waals surface area (Å²) in [5, 5.41) is 0. The second kappa shape index (κ2) is 20.7. The van der Waals surface area contributed by atoms with Crippen molar-refractivity contribution in [3.8, 4) is 0 Å². The van der Waals surface area contributed by atoms with Crippen molar-refractivity contribution in [2.45, 2.75) is 44.1 Å². The van der Waals surface area contributed by atoms with Crippen LogP contribution in [0.5, 0.6) is 0 Å². The molecular formula is C22H41F6N9O. The van der Waals surface area contributed by atoms with E-state index in [2.05, 4.69) is 25.6 Å². The minimum Gasteiger partial charge on any atom is -0.379 e. The van der Waals surface area contributed by atoms with Gasteiger partial charge in [-0.25, -0.2) is 18.7 Å². The number of aromatic nitrogens is 4. The van der Waals surface area contributed by atoms with Crippen molar-refractivity contribution >= 4 is 0 Å². The molecule has 0 atom stereocenters. The number of nitrogens with zero attached hydrogens (tertiary/aromatic N) is 4. The van der Waals surface area contributed by atoms with E-state index in [1.54, 1.807) is 25.0 Å². The molecule has 0 amide bonds. The largest absolute Gasteiger partial charge is 0.379 e. The summed E-state index contributed by atoms with van der Waals surface area (Å²) in [7, 11) is 0. The zero-order valence-corrected chi connectivity index (χ0v) is 21.4. The van der Waals surface area contributed by atoms with Crippen molar-refractivity contribution in [2.24, 2.45) is 22.9 Å². The van der Waals surface area contributed by atoms with E-state index in [0.29, 0.717) is 6.54 Å². The summed E-state index contributed by atoms with van der Waals surface area (Å²) in [4.78, 5) is 13.1. The molecule has 1 saturated heterocycles. The first kappa shape index (κ1) is 35.8. The SMILES string of the molecule is NCC(F)(F)C(F)(F)C(F)F.NCCCN1CCOCC1.NCCCn1ccnc1.NCCc1cnc[nH]1. The first-order chi connectivity index (χ1) is 18.0. The van der Waals surface area contributed by atoms with Crippen LogP contribution in [0.4, 0.5) is 26.3 Å². The van der Waals surface area contributed by atoms with Gasteiger partial charge in [0.2, 0.25) is 0 Å². The predicted molar refractivity (Wildman–Crippen MR) is 133 cm³/mol. The standard InChI is InChI=1S/C7H16N2O.C6H11N3.C5H9N3.C4H5F6N/c8-2-1-3-9-4-6-10-7-5-9;7-2-1-4-9-5-3-8-6-9;6-2-1-5-3-7-4-8-5;5-2(6)4(9,10)3(7,8)1-11/h1-8H2;3,5-6H,1-2,4,7H2;3-4H,1-2,6H2,(H,7,8);2H,1,11H2. The summed E-state index contributed by atoms with van der Waals surface area (Å²) in [6.07, 6.45) is 7.58. The molecule has 0 unspecified atom stereocenters. The second-order valence-corrected chi connectivity index (χ2v) is 7.99. The third-order valence-corrected chi connectivity index (χ3v) is 4.95. The van der Waals surface area contributed by atoms with Gasteiger partial charge in [-0.05, 0) is 39.0 Å². The summed E-state index contributed by atoms with van der Waals surface area (Å²) in [6, 6.07) is 0. The van der Waals surface area contributed by atoms with Crippen LogP contribution < -0.4 is 22.9 Å². The number of rotatable bonds is 11. The van der Waals surface area contributed by atoms with Crippen LogP contribution in [-0.4, -0.2) is 102 Å². The molecule has 0 spiro atoms. The monoisotopic (exact) mass is 561 g/mol. The van der Waals surface area contributed by atoms with Crippen LogP contribution in [0.1, 0.15) is 18.5 Å². The number of halogens is 6. The van der Waals surface area contributed by atoms with Crippen molar-refractivity contribution in [1.82, 2.24) is 24.4 Å². The highest BCUT2D eigenvalue weighted by Gasteiger charge is 2.61.